The molecule has 0 aliphatic carbocycles. The molecule has 20 heavy (non-hydrogen) atoms. The Labute approximate surface area is 118 Å². The van der Waals surface area contributed by atoms with Crippen molar-refractivity contribution in [2.45, 2.75) is 13.3 Å². The number of amides is 1. The van der Waals surface area contributed by atoms with Crippen molar-refractivity contribution in [3.8, 4) is 0 Å². The van der Waals surface area contributed by atoms with Gasteiger partial charge in [-0.2, -0.15) is 0 Å². The number of hydrogen-bond donors (Lipinski definition) is 1. The minimum atomic E-state index is -0.212. The average Bonchev–Trinajstić information content (AvgIpc) is 2.44. The molecule has 4 heteroatoms. The average molecular weight is 270 g/mol. The maximum absolute atomic E-state index is 11.9. The lowest BCUT2D eigenvalue weighted by Gasteiger charge is -2.07. The zero-order valence-electron chi connectivity index (χ0n) is 11.7. The molecule has 0 saturated carbocycles. The molecule has 0 radical (unpaired) electrons. The zero-order valence-corrected chi connectivity index (χ0v) is 11.7. The Morgan fingerprint density at radius 2 is 2.00 bits per heavy atom. The van der Waals surface area contributed by atoms with Gasteiger partial charge in [0.2, 0.25) is 0 Å². The van der Waals surface area contributed by atoms with E-state index >= 15 is 0 Å². The fourth-order valence-electron chi connectivity index (χ4n) is 1.99. The summed E-state index contributed by atoms with van der Waals surface area (Å²) in [6.45, 7) is 2.61. The van der Waals surface area contributed by atoms with Crippen LogP contribution in [0.3, 0.4) is 0 Å². The molecule has 1 N–H and O–H groups in total. The van der Waals surface area contributed by atoms with Gasteiger partial charge in [0, 0.05) is 31.4 Å². The van der Waals surface area contributed by atoms with Gasteiger partial charge in [0.25, 0.3) is 11.5 Å². The number of carbonyl (C=O) groups excluding carboxylic acids is 1. The summed E-state index contributed by atoms with van der Waals surface area (Å²) >= 11 is 0. The Morgan fingerprint density at radius 1 is 1.25 bits per heavy atom. The summed E-state index contributed by atoms with van der Waals surface area (Å²) in [5.41, 5.74) is 2.65. The van der Waals surface area contributed by atoms with Gasteiger partial charge in [-0.25, -0.2) is 0 Å². The molecule has 2 rings (SSSR count). The highest BCUT2D eigenvalue weighted by Gasteiger charge is 2.06. The third-order valence-corrected chi connectivity index (χ3v) is 3.31. The van der Waals surface area contributed by atoms with E-state index in [2.05, 4.69) is 24.4 Å². The molecule has 0 unspecified atom stereocenters. The maximum atomic E-state index is 11.9. The Morgan fingerprint density at radius 3 is 2.70 bits per heavy atom. The van der Waals surface area contributed by atoms with Crippen molar-refractivity contribution in [2.75, 3.05) is 6.54 Å². The molecule has 0 spiro atoms. The summed E-state index contributed by atoms with van der Waals surface area (Å²) in [6.07, 6.45) is 2.38. The second kappa shape index (κ2) is 6.19. The number of hydrogen-bond acceptors (Lipinski definition) is 2. The Kier molecular flexibility index (Phi) is 4.35. The summed E-state index contributed by atoms with van der Waals surface area (Å²) in [4.78, 5) is 23.4. The van der Waals surface area contributed by atoms with Crippen LogP contribution in [0, 0.1) is 6.92 Å². The minimum absolute atomic E-state index is 0.184. The van der Waals surface area contributed by atoms with Gasteiger partial charge in [-0.15, -0.1) is 0 Å². The van der Waals surface area contributed by atoms with Crippen LogP contribution >= 0.6 is 0 Å². The van der Waals surface area contributed by atoms with E-state index in [-0.39, 0.29) is 11.5 Å². The van der Waals surface area contributed by atoms with E-state index in [0.29, 0.717) is 12.1 Å². The number of nitrogens with one attached hydrogen (secondary N) is 1. The first-order valence-corrected chi connectivity index (χ1v) is 6.57. The highest BCUT2D eigenvalue weighted by molar-refractivity contribution is 5.93. The fraction of sp³-hybridized carbons (Fsp3) is 0.250. The topological polar surface area (TPSA) is 51.1 Å². The fourth-order valence-corrected chi connectivity index (χ4v) is 1.99. The van der Waals surface area contributed by atoms with Gasteiger partial charge in [0.15, 0.2) is 0 Å². The number of rotatable bonds is 4. The lowest BCUT2D eigenvalue weighted by molar-refractivity contribution is 0.0954. The van der Waals surface area contributed by atoms with E-state index in [1.54, 1.807) is 19.3 Å². The second-order valence-corrected chi connectivity index (χ2v) is 4.80. The smallest absolute Gasteiger partial charge is 0.251 e. The molecule has 0 aliphatic heterocycles. The molecule has 1 amide bonds. The number of pyridine rings is 1. The molecular formula is C16H18N2O2. The van der Waals surface area contributed by atoms with Crippen LogP contribution in [0.4, 0.5) is 0 Å². The van der Waals surface area contributed by atoms with E-state index in [4.69, 9.17) is 0 Å². The molecule has 0 bridgehead atoms. The predicted molar refractivity (Wildman–Crippen MR) is 78.9 cm³/mol. The highest BCUT2D eigenvalue weighted by atomic mass is 16.2. The summed E-state index contributed by atoms with van der Waals surface area (Å²) in [6, 6.07) is 11.1. The van der Waals surface area contributed by atoms with Crippen molar-refractivity contribution in [1.29, 1.82) is 0 Å². The molecule has 104 valence electrons. The third-order valence-electron chi connectivity index (χ3n) is 3.31. The largest absolute Gasteiger partial charge is 0.352 e. The summed E-state index contributed by atoms with van der Waals surface area (Å²) in [7, 11) is 1.65. The van der Waals surface area contributed by atoms with E-state index in [1.165, 1.54) is 21.8 Å². The van der Waals surface area contributed by atoms with Crippen LogP contribution in [-0.2, 0) is 13.5 Å². The first-order chi connectivity index (χ1) is 9.58. The van der Waals surface area contributed by atoms with E-state index in [1.807, 2.05) is 12.1 Å². The summed E-state index contributed by atoms with van der Waals surface area (Å²) in [5.74, 6) is -0.212. The van der Waals surface area contributed by atoms with Crippen molar-refractivity contribution < 1.29 is 4.79 Å². The van der Waals surface area contributed by atoms with Gasteiger partial charge < -0.3 is 9.88 Å². The Balaban J connectivity index is 1.94. The first-order valence-electron chi connectivity index (χ1n) is 6.57. The highest BCUT2D eigenvalue weighted by Crippen LogP contribution is 2.07. The number of aryl methyl sites for hydroxylation is 2. The van der Waals surface area contributed by atoms with Crippen LogP contribution in [0.25, 0.3) is 0 Å². The van der Waals surface area contributed by atoms with Gasteiger partial charge in [-0.05, 0) is 30.5 Å². The summed E-state index contributed by atoms with van der Waals surface area (Å²) < 4.78 is 1.43. The maximum Gasteiger partial charge on any atom is 0.251 e. The summed E-state index contributed by atoms with van der Waals surface area (Å²) in [5, 5.41) is 2.83. The van der Waals surface area contributed by atoms with Crippen molar-refractivity contribution >= 4 is 5.91 Å². The van der Waals surface area contributed by atoms with E-state index in [0.717, 1.165) is 6.42 Å². The van der Waals surface area contributed by atoms with Crippen LogP contribution in [0.15, 0.2) is 47.4 Å². The van der Waals surface area contributed by atoms with Gasteiger partial charge in [0.1, 0.15) is 0 Å². The van der Waals surface area contributed by atoms with Crippen LogP contribution in [0.1, 0.15) is 21.5 Å². The van der Waals surface area contributed by atoms with Crippen molar-refractivity contribution in [2.24, 2.45) is 7.05 Å². The number of carbonyl (C=O) groups is 1. The lowest BCUT2D eigenvalue weighted by Crippen LogP contribution is -2.27. The molecule has 0 aliphatic rings. The van der Waals surface area contributed by atoms with Crippen molar-refractivity contribution in [3.05, 3.63) is 69.6 Å². The van der Waals surface area contributed by atoms with Crippen molar-refractivity contribution in [1.82, 2.24) is 9.88 Å². The third kappa shape index (κ3) is 3.35. The quantitative estimate of drug-likeness (QED) is 0.918. The minimum Gasteiger partial charge on any atom is -0.352 e. The lowest BCUT2D eigenvalue weighted by atomic mass is 10.1. The number of aromatic nitrogens is 1. The molecule has 2 aromatic rings. The molecule has 0 fully saturated rings. The first kappa shape index (κ1) is 14.1. The Hall–Kier alpha value is -2.36. The van der Waals surface area contributed by atoms with E-state index < -0.39 is 0 Å². The van der Waals surface area contributed by atoms with E-state index in [9.17, 15) is 9.59 Å². The van der Waals surface area contributed by atoms with Gasteiger partial charge in [-0.3, -0.25) is 9.59 Å². The van der Waals surface area contributed by atoms with Crippen LogP contribution in [-0.4, -0.2) is 17.0 Å². The molecule has 4 nitrogen and oxygen atoms in total. The van der Waals surface area contributed by atoms with Crippen molar-refractivity contribution in [3.63, 3.8) is 0 Å². The second-order valence-electron chi connectivity index (χ2n) is 4.80. The van der Waals surface area contributed by atoms with Crippen LogP contribution in [0.5, 0.6) is 0 Å². The number of benzene rings is 1. The van der Waals surface area contributed by atoms with Gasteiger partial charge in [-0.1, -0.05) is 24.3 Å². The zero-order chi connectivity index (χ0) is 14.5. The molecule has 0 saturated heterocycles. The van der Waals surface area contributed by atoms with Gasteiger partial charge >= 0.3 is 0 Å². The standard InChI is InChI=1S/C16H18N2O2/c1-12-5-3-4-6-13(12)7-9-17-16(20)14-8-10-18(2)15(19)11-14/h3-6,8,10-11H,7,9H2,1-2H3,(H,17,20). The van der Waals surface area contributed by atoms with Crippen LogP contribution < -0.4 is 10.9 Å². The normalized spacial score (nSPS) is 10.3. The monoisotopic (exact) mass is 270 g/mol. The molecule has 0 atom stereocenters. The molecule has 1 heterocycles. The molecule has 1 aromatic heterocycles. The SMILES string of the molecule is Cc1ccccc1CCNC(=O)c1ccn(C)c(=O)c1. The predicted octanol–water partition coefficient (Wildman–Crippen LogP) is 1.67. The molecular weight excluding hydrogens is 252 g/mol. The van der Waals surface area contributed by atoms with Crippen LogP contribution in [0.2, 0.25) is 0 Å². The molecule has 1 aromatic carbocycles. The van der Waals surface area contributed by atoms with Gasteiger partial charge in [0.05, 0.1) is 0 Å². The Bertz CT molecular complexity index is 674. The number of nitrogens with zero attached hydrogens (tertiary/aromatic N) is 1.